The molecule has 5 aromatic rings. The second-order valence-electron chi connectivity index (χ2n) is 9.53. The summed E-state index contributed by atoms with van der Waals surface area (Å²) in [5.41, 5.74) is 3.86. The molecule has 1 aliphatic rings. The molecule has 1 atom stereocenters. The number of carbonyl (C=O) groups excluding carboxylic acids is 2. The van der Waals surface area contributed by atoms with Crippen LogP contribution in [0.25, 0.3) is 11.4 Å². The predicted molar refractivity (Wildman–Crippen MR) is 170 cm³/mol. The molecule has 3 aromatic heterocycles. The first kappa shape index (κ1) is 28.9. The Labute approximate surface area is 267 Å². The average molecular weight is 701 g/mol. The summed E-state index contributed by atoms with van der Waals surface area (Å²) >= 11 is 18.3. The normalized spacial score (nSPS) is 16.6. The summed E-state index contributed by atoms with van der Waals surface area (Å²) in [4.78, 5) is 33.1. The quantitative estimate of drug-likeness (QED) is 0.0635. The van der Waals surface area contributed by atoms with Crippen molar-refractivity contribution in [2.45, 2.75) is 30.0 Å². The van der Waals surface area contributed by atoms with Crippen molar-refractivity contribution in [3.05, 3.63) is 109 Å². The molecule has 0 bridgehead atoms. The molecule has 2 aromatic carbocycles. The molecule has 212 valence electrons. The third-order valence-corrected chi connectivity index (χ3v) is 10.1. The van der Waals surface area contributed by atoms with Crippen LogP contribution < -0.4 is 4.90 Å². The van der Waals surface area contributed by atoms with Gasteiger partial charge < -0.3 is 9.51 Å². The summed E-state index contributed by atoms with van der Waals surface area (Å²) in [5, 5.41) is 21.5. The molecule has 8 nitrogen and oxygen atoms in total. The maximum absolute atomic E-state index is 13.6. The summed E-state index contributed by atoms with van der Waals surface area (Å²) < 4.78 is 3.25. The lowest BCUT2D eigenvalue weighted by atomic mass is 9.96. The number of carbonyl (C=O) groups is 2. The van der Waals surface area contributed by atoms with E-state index in [4.69, 9.17) is 23.2 Å². The van der Waals surface area contributed by atoms with Crippen LogP contribution in [0.2, 0.25) is 10.0 Å². The fourth-order valence-corrected chi connectivity index (χ4v) is 7.49. The van der Waals surface area contributed by atoms with Crippen molar-refractivity contribution in [3.8, 4) is 0 Å². The first-order valence-electron chi connectivity index (χ1n) is 12.6. The number of rotatable bonds is 6. The molecule has 1 saturated heterocycles. The molecule has 1 N–H and O–H groups in total. The lowest BCUT2D eigenvalue weighted by molar-refractivity contribution is -0.132. The Morgan fingerprint density at radius 3 is 2.57 bits per heavy atom. The van der Waals surface area contributed by atoms with E-state index in [1.807, 2.05) is 47.9 Å². The SMILES string of the molecule is Cc1cccn2c(C)c(/C(O)=C3\C(=O)C(=O)N(c4nnc(SCc5ccc(Cl)cc5Cl)s4)C3c3ccc(Br)cc3)nc12. The van der Waals surface area contributed by atoms with E-state index in [9.17, 15) is 14.7 Å². The number of halogens is 3. The maximum Gasteiger partial charge on any atom is 0.301 e. The first-order chi connectivity index (χ1) is 20.1. The Morgan fingerprint density at radius 1 is 1.10 bits per heavy atom. The zero-order chi connectivity index (χ0) is 29.7. The van der Waals surface area contributed by atoms with Gasteiger partial charge >= 0.3 is 5.91 Å². The Balaban J connectivity index is 1.42. The van der Waals surface area contributed by atoms with Crippen molar-refractivity contribution in [1.29, 1.82) is 0 Å². The van der Waals surface area contributed by atoms with Gasteiger partial charge in [0.25, 0.3) is 5.78 Å². The molecule has 0 saturated carbocycles. The van der Waals surface area contributed by atoms with Gasteiger partial charge in [0, 0.05) is 26.5 Å². The minimum absolute atomic E-state index is 0.0659. The number of aryl methyl sites for hydroxylation is 2. The van der Waals surface area contributed by atoms with Gasteiger partial charge in [0.2, 0.25) is 5.13 Å². The number of aliphatic hydroxyl groups excluding tert-OH is 1. The van der Waals surface area contributed by atoms with Gasteiger partial charge in [-0.15, -0.1) is 10.2 Å². The number of aliphatic hydroxyl groups is 1. The van der Waals surface area contributed by atoms with Crippen LogP contribution in [0.15, 0.2) is 75.2 Å². The fraction of sp³-hybridized carbons (Fsp3) is 0.138. The number of imidazole rings is 1. The number of benzene rings is 2. The van der Waals surface area contributed by atoms with Gasteiger partial charge in [-0.3, -0.25) is 14.5 Å². The summed E-state index contributed by atoms with van der Waals surface area (Å²) in [6, 6.07) is 15.3. The summed E-state index contributed by atoms with van der Waals surface area (Å²) in [7, 11) is 0. The van der Waals surface area contributed by atoms with E-state index >= 15 is 0 Å². The minimum atomic E-state index is -0.945. The van der Waals surface area contributed by atoms with Gasteiger partial charge in [-0.2, -0.15) is 0 Å². The van der Waals surface area contributed by atoms with Crippen LogP contribution in [0, 0.1) is 13.8 Å². The van der Waals surface area contributed by atoms with E-state index in [0.717, 1.165) is 15.6 Å². The van der Waals surface area contributed by atoms with Crippen molar-refractivity contribution in [3.63, 3.8) is 0 Å². The molecular weight excluding hydrogens is 681 g/mol. The van der Waals surface area contributed by atoms with E-state index in [-0.39, 0.29) is 22.2 Å². The van der Waals surface area contributed by atoms with Crippen molar-refractivity contribution >= 4 is 90.5 Å². The van der Waals surface area contributed by atoms with E-state index in [0.29, 0.717) is 37.0 Å². The molecule has 1 fully saturated rings. The van der Waals surface area contributed by atoms with E-state index in [1.165, 1.54) is 28.0 Å². The first-order valence-corrected chi connectivity index (χ1v) is 15.9. The number of fused-ring (bicyclic) bond motifs is 1. The highest BCUT2D eigenvalue weighted by Crippen LogP contribution is 2.44. The number of amides is 1. The lowest BCUT2D eigenvalue weighted by Gasteiger charge is -2.22. The smallest absolute Gasteiger partial charge is 0.301 e. The molecule has 13 heteroatoms. The van der Waals surface area contributed by atoms with Crippen LogP contribution >= 0.6 is 62.2 Å². The Morgan fingerprint density at radius 2 is 1.86 bits per heavy atom. The third kappa shape index (κ3) is 5.13. The molecular formula is C29H20BrCl2N5O3S2. The van der Waals surface area contributed by atoms with Crippen LogP contribution in [0.3, 0.4) is 0 Å². The number of hydrogen-bond donors (Lipinski definition) is 1. The topological polar surface area (TPSA) is 101 Å². The largest absolute Gasteiger partial charge is 0.505 e. The molecule has 0 spiro atoms. The highest BCUT2D eigenvalue weighted by atomic mass is 79.9. The van der Waals surface area contributed by atoms with Gasteiger partial charge in [-0.25, -0.2) is 4.98 Å². The van der Waals surface area contributed by atoms with Crippen molar-refractivity contribution in [2.75, 3.05) is 4.90 Å². The molecule has 1 unspecified atom stereocenters. The highest BCUT2D eigenvalue weighted by molar-refractivity contribution is 9.10. The monoisotopic (exact) mass is 699 g/mol. The number of nitrogens with zero attached hydrogens (tertiary/aromatic N) is 5. The molecule has 0 aliphatic carbocycles. The summed E-state index contributed by atoms with van der Waals surface area (Å²) in [6.45, 7) is 3.72. The molecule has 42 heavy (non-hydrogen) atoms. The molecule has 4 heterocycles. The maximum atomic E-state index is 13.6. The molecule has 6 rings (SSSR count). The number of ketones is 1. The number of Topliss-reactive ketones (excluding diaryl/α,β-unsaturated/α-hetero) is 1. The zero-order valence-electron chi connectivity index (χ0n) is 22.0. The van der Waals surface area contributed by atoms with Gasteiger partial charge in [0.15, 0.2) is 10.1 Å². The molecule has 0 radical (unpaired) electrons. The predicted octanol–water partition coefficient (Wildman–Crippen LogP) is 7.79. The molecule has 1 amide bonds. The summed E-state index contributed by atoms with van der Waals surface area (Å²) in [6.07, 6.45) is 1.84. The Hall–Kier alpha value is -3.22. The Kier molecular flexibility index (Phi) is 7.88. The standard InChI is InChI=1S/C29H20BrCl2N5O3S2/c1-14-4-3-11-36-15(2)22(33-26(14)36)24(38)21-23(16-5-8-18(30)9-6-16)37(27(40)25(21)39)28-34-35-29(42-28)41-13-17-7-10-19(31)12-20(17)32/h3-12,23,38H,13H2,1-2H3/b24-21+. The lowest BCUT2D eigenvalue weighted by Crippen LogP contribution is -2.29. The number of hydrogen-bond acceptors (Lipinski definition) is 8. The fourth-order valence-electron chi connectivity index (χ4n) is 4.80. The van der Waals surface area contributed by atoms with Gasteiger partial charge in [-0.05, 0) is 60.9 Å². The van der Waals surface area contributed by atoms with Gasteiger partial charge in [-0.1, -0.05) is 86.5 Å². The van der Waals surface area contributed by atoms with Gasteiger partial charge in [0.05, 0.1) is 17.3 Å². The number of pyridine rings is 1. The summed E-state index contributed by atoms with van der Waals surface area (Å²) in [5.74, 6) is -1.48. The Bertz CT molecular complexity index is 1920. The van der Waals surface area contributed by atoms with Crippen molar-refractivity contribution < 1.29 is 14.7 Å². The number of thioether (sulfide) groups is 1. The van der Waals surface area contributed by atoms with Crippen LogP contribution in [0.5, 0.6) is 0 Å². The second-order valence-corrected chi connectivity index (χ2v) is 13.5. The minimum Gasteiger partial charge on any atom is -0.505 e. The van der Waals surface area contributed by atoms with Crippen LogP contribution in [-0.4, -0.2) is 36.4 Å². The second kappa shape index (κ2) is 11.5. The van der Waals surface area contributed by atoms with Crippen LogP contribution in [-0.2, 0) is 15.3 Å². The van der Waals surface area contributed by atoms with Gasteiger partial charge in [0.1, 0.15) is 11.3 Å². The van der Waals surface area contributed by atoms with Crippen molar-refractivity contribution in [2.24, 2.45) is 0 Å². The number of anilines is 1. The number of aromatic nitrogens is 4. The van der Waals surface area contributed by atoms with Crippen molar-refractivity contribution in [1.82, 2.24) is 19.6 Å². The highest BCUT2D eigenvalue weighted by Gasteiger charge is 2.48. The zero-order valence-corrected chi connectivity index (χ0v) is 26.7. The van der Waals surface area contributed by atoms with Crippen LogP contribution in [0.4, 0.5) is 5.13 Å². The van der Waals surface area contributed by atoms with E-state index < -0.39 is 17.7 Å². The third-order valence-electron chi connectivity index (χ3n) is 6.91. The van der Waals surface area contributed by atoms with E-state index in [1.54, 1.807) is 31.2 Å². The van der Waals surface area contributed by atoms with Crippen LogP contribution in [0.1, 0.15) is 34.1 Å². The van der Waals surface area contributed by atoms with E-state index in [2.05, 4.69) is 31.1 Å². The molecule has 1 aliphatic heterocycles. The average Bonchev–Trinajstić information content (AvgIpc) is 3.64.